The van der Waals surface area contributed by atoms with Crippen LogP contribution in [0.1, 0.15) is 46.2 Å². The first-order valence-corrected chi connectivity index (χ1v) is 7.20. The third kappa shape index (κ3) is 2.31. The number of fused-ring (bicyclic) bond motifs is 1. The lowest BCUT2D eigenvalue weighted by Crippen LogP contribution is -1.98. The van der Waals surface area contributed by atoms with Gasteiger partial charge in [0.25, 0.3) is 0 Å². The highest BCUT2D eigenvalue weighted by molar-refractivity contribution is 7.12. The highest BCUT2D eigenvalue weighted by Crippen LogP contribution is 2.34. The molecule has 0 radical (unpaired) electrons. The highest BCUT2D eigenvalue weighted by Gasteiger charge is 2.18. The summed E-state index contributed by atoms with van der Waals surface area (Å²) in [5, 5.41) is 10.3. The van der Waals surface area contributed by atoms with E-state index in [0.717, 1.165) is 23.3 Å². The Morgan fingerprint density at radius 2 is 1.89 bits per heavy atom. The Kier molecular flexibility index (Phi) is 3.39. The number of thiophene rings is 1. The molecule has 4 heteroatoms. The first-order valence-electron chi connectivity index (χ1n) is 6.39. The van der Waals surface area contributed by atoms with Gasteiger partial charge in [-0.2, -0.15) is 0 Å². The molecule has 18 heavy (non-hydrogen) atoms. The molecule has 0 fully saturated rings. The van der Waals surface area contributed by atoms with E-state index in [0.29, 0.717) is 0 Å². The van der Waals surface area contributed by atoms with Crippen molar-refractivity contribution in [2.45, 2.75) is 38.2 Å². The number of aryl methyl sites for hydroxylation is 2. The van der Waals surface area contributed by atoms with E-state index in [1.807, 2.05) is 0 Å². The fourth-order valence-corrected chi connectivity index (χ4v) is 3.71. The topological polar surface area (TPSA) is 46.0 Å². The van der Waals surface area contributed by atoms with Crippen LogP contribution in [0.15, 0.2) is 24.8 Å². The Hall–Kier alpha value is -1.26. The number of aromatic nitrogens is 2. The van der Waals surface area contributed by atoms with E-state index >= 15 is 0 Å². The van der Waals surface area contributed by atoms with Crippen molar-refractivity contribution in [1.29, 1.82) is 0 Å². The normalized spacial score (nSPS) is 16.9. The lowest BCUT2D eigenvalue weighted by molar-refractivity contribution is 0.223. The predicted octanol–water partition coefficient (Wildman–Crippen LogP) is 2.89. The van der Waals surface area contributed by atoms with Gasteiger partial charge in [-0.3, -0.25) is 0 Å². The average molecular weight is 260 g/mol. The zero-order valence-electron chi connectivity index (χ0n) is 10.2. The highest BCUT2D eigenvalue weighted by atomic mass is 32.1. The maximum atomic E-state index is 10.3. The molecule has 0 saturated heterocycles. The number of rotatable bonds is 2. The zero-order chi connectivity index (χ0) is 12.4. The smallest absolute Gasteiger partial charge is 0.116 e. The summed E-state index contributed by atoms with van der Waals surface area (Å²) in [6.07, 6.45) is 10.5. The molecule has 2 aromatic rings. The minimum atomic E-state index is -0.580. The molecule has 0 aliphatic heterocycles. The molecule has 3 nitrogen and oxygen atoms in total. The molecule has 0 amide bonds. The van der Waals surface area contributed by atoms with E-state index in [-0.39, 0.29) is 0 Å². The van der Waals surface area contributed by atoms with Gasteiger partial charge >= 0.3 is 0 Å². The lowest BCUT2D eigenvalue weighted by atomic mass is 10.1. The number of hydrogen-bond donors (Lipinski definition) is 1. The van der Waals surface area contributed by atoms with Crippen LogP contribution in [0.4, 0.5) is 0 Å². The van der Waals surface area contributed by atoms with Crippen LogP contribution in [-0.4, -0.2) is 15.1 Å². The molecule has 1 atom stereocenters. The van der Waals surface area contributed by atoms with Crippen molar-refractivity contribution in [3.05, 3.63) is 45.7 Å². The van der Waals surface area contributed by atoms with E-state index in [9.17, 15) is 5.11 Å². The summed E-state index contributed by atoms with van der Waals surface area (Å²) in [5.74, 6) is 0. The van der Waals surface area contributed by atoms with E-state index < -0.39 is 6.10 Å². The third-order valence-corrected chi connectivity index (χ3v) is 4.72. The Morgan fingerprint density at radius 3 is 2.72 bits per heavy atom. The Morgan fingerprint density at radius 1 is 1.11 bits per heavy atom. The summed E-state index contributed by atoms with van der Waals surface area (Å²) in [7, 11) is 0. The molecule has 1 aliphatic carbocycles. The summed E-state index contributed by atoms with van der Waals surface area (Å²) in [5.41, 5.74) is 2.21. The molecule has 0 aromatic carbocycles. The van der Waals surface area contributed by atoms with E-state index in [2.05, 4.69) is 16.0 Å². The quantitative estimate of drug-likeness (QED) is 0.844. The van der Waals surface area contributed by atoms with Crippen LogP contribution in [-0.2, 0) is 12.8 Å². The largest absolute Gasteiger partial charge is 0.383 e. The molecule has 0 spiro atoms. The summed E-state index contributed by atoms with van der Waals surface area (Å²) in [6.45, 7) is 0. The Balaban J connectivity index is 1.89. The second-order valence-electron chi connectivity index (χ2n) is 4.73. The van der Waals surface area contributed by atoms with Crippen molar-refractivity contribution in [3.8, 4) is 0 Å². The summed E-state index contributed by atoms with van der Waals surface area (Å²) < 4.78 is 0. The molecular formula is C14H16N2OS. The van der Waals surface area contributed by atoms with E-state index in [1.54, 1.807) is 23.7 Å². The molecule has 3 rings (SSSR count). The zero-order valence-corrected chi connectivity index (χ0v) is 11.0. The van der Waals surface area contributed by atoms with Crippen molar-refractivity contribution in [2.75, 3.05) is 0 Å². The summed E-state index contributed by atoms with van der Waals surface area (Å²) in [4.78, 5) is 10.4. The first kappa shape index (κ1) is 11.8. The van der Waals surface area contributed by atoms with Gasteiger partial charge in [-0.1, -0.05) is 6.42 Å². The predicted molar refractivity (Wildman–Crippen MR) is 71.7 cm³/mol. The van der Waals surface area contributed by atoms with Crippen molar-refractivity contribution in [1.82, 2.24) is 9.97 Å². The molecular weight excluding hydrogens is 244 g/mol. The molecule has 94 valence electrons. The third-order valence-electron chi connectivity index (χ3n) is 3.43. The summed E-state index contributed by atoms with van der Waals surface area (Å²) >= 11 is 1.75. The SMILES string of the molecule is OC(c1cncnc1)c1cc2c(s1)CCCCC2. The monoisotopic (exact) mass is 260 g/mol. The maximum absolute atomic E-state index is 10.3. The number of hydrogen-bond acceptors (Lipinski definition) is 4. The van der Waals surface area contributed by atoms with Crippen molar-refractivity contribution in [2.24, 2.45) is 0 Å². The van der Waals surface area contributed by atoms with Gasteiger partial charge in [0, 0.05) is 27.7 Å². The number of aliphatic hydroxyl groups is 1. The van der Waals surface area contributed by atoms with E-state index in [4.69, 9.17) is 0 Å². The molecule has 0 bridgehead atoms. The van der Waals surface area contributed by atoms with Crippen molar-refractivity contribution >= 4 is 11.3 Å². The minimum Gasteiger partial charge on any atom is -0.383 e. The van der Waals surface area contributed by atoms with Crippen LogP contribution in [0.25, 0.3) is 0 Å². The molecule has 2 aromatic heterocycles. The molecule has 0 saturated carbocycles. The molecule has 1 aliphatic rings. The van der Waals surface area contributed by atoms with Gasteiger partial charge in [-0.05, 0) is 37.3 Å². The Labute approximate surface area is 111 Å². The van der Waals surface area contributed by atoms with E-state index in [1.165, 1.54) is 36.0 Å². The van der Waals surface area contributed by atoms with Gasteiger partial charge < -0.3 is 5.11 Å². The van der Waals surface area contributed by atoms with Gasteiger partial charge in [0.2, 0.25) is 0 Å². The fourth-order valence-electron chi connectivity index (χ4n) is 2.44. The second-order valence-corrected chi connectivity index (χ2v) is 5.90. The minimum absolute atomic E-state index is 0.580. The average Bonchev–Trinajstić information content (AvgIpc) is 2.70. The van der Waals surface area contributed by atoms with Gasteiger partial charge in [-0.25, -0.2) is 9.97 Å². The van der Waals surface area contributed by atoms with Crippen molar-refractivity contribution < 1.29 is 5.11 Å². The number of aliphatic hydroxyl groups excluding tert-OH is 1. The molecule has 2 heterocycles. The van der Waals surface area contributed by atoms with Gasteiger partial charge in [0.05, 0.1) is 0 Å². The van der Waals surface area contributed by atoms with Crippen LogP contribution in [0.3, 0.4) is 0 Å². The van der Waals surface area contributed by atoms with Crippen LogP contribution >= 0.6 is 11.3 Å². The standard InChI is InChI=1S/C14H16N2OS/c17-14(11-7-15-9-16-8-11)13-6-10-4-2-1-3-5-12(10)18-13/h6-9,14,17H,1-5H2. The van der Waals surface area contributed by atoms with Crippen LogP contribution < -0.4 is 0 Å². The van der Waals surface area contributed by atoms with Gasteiger partial charge in [-0.15, -0.1) is 11.3 Å². The second kappa shape index (κ2) is 5.16. The van der Waals surface area contributed by atoms with Crippen molar-refractivity contribution in [3.63, 3.8) is 0 Å². The Bertz CT molecular complexity index is 500. The lowest BCUT2D eigenvalue weighted by Gasteiger charge is -2.07. The van der Waals surface area contributed by atoms with Crippen LogP contribution in [0.5, 0.6) is 0 Å². The number of nitrogens with zero attached hydrogens (tertiary/aromatic N) is 2. The maximum Gasteiger partial charge on any atom is 0.116 e. The first-order chi connectivity index (χ1) is 8.84. The molecule has 1 unspecified atom stereocenters. The van der Waals surface area contributed by atoms with Crippen LogP contribution in [0.2, 0.25) is 0 Å². The van der Waals surface area contributed by atoms with Gasteiger partial charge in [0.15, 0.2) is 0 Å². The van der Waals surface area contributed by atoms with Crippen LogP contribution in [0, 0.1) is 0 Å². The summed E-state index contributed by atoms with van der Waals surface area (Å²) in [6, 6.07) is 2.17. The molecule has 1 N–H and O–H groups in total. The van der Waals surface area contributed by atoms with Gasteiger partial charge in [0.1, 0.15) is 12.4 Å². The fraction of sp³-hybridized carbons (Fsp3) is 0.429.